The number of nitrogens with one attached hydrogen (secondary N) is 1. The predicted molar refractivity (Wildman–Crippen MR) is 147 cm³/mol. The average Bonchev–Trinajstić information content (AvgIpc) is 2.93. The van der Waals surface area contributed by atoms with Crippen LogP contribution in [0.2, 0.25) is 0 Å². The van der Waals surface area contributed by atoms with Gasteiger partial charge in [0.2, 0.25) is 7.29 Å². The summed E-state index contributed by atoms with van der Waals surface area (Å²) in [4.78, 5) is 13.4. The van der Waals surface area contributed by atoms with Crippen molar-refractivity contribution in [3.05, 3.63) is 144 Å². The van der Waals surface area contributed by atoms with Crippen molar-refractivity contribution < 1.29 is 14.1 Å². The first-order valence-electron chi connectivity index (χ1n) is 11.9. The molecule has 5 heteroatoms. The highest BCUT2D eigenvalue weighted by molar-refractivity contribution is 7.76. The van der Waals surface area contributed by atoms with Crippen LogP contribution in [0.4, 0.5) is 0 Å². The minimum Gasteiger partial charge on any atom is -0.457 e. The second kappa shape index (κ2) is 11.8. The predicted octanol–water partition coefficient (Wildman–Crippen LogP) is 6.24. The lowest BCUT2D eigenvalue weighted by Gasteiger charge is -2.28. The Morgan fingerprint density at radius 1 is 0.806 bits per heavy atom. The minimum atomic E-state index is -3.34. The Labute approximate surface area is 213 Å². The first kappa shape index (κ1) is 25.4. The highest BCUT2D eigenvalue weighted by Crippen LogP contribution is 2.43. The van der Waals surface area contributed by atoms with Crippen molar-refractivity contribution in [3.63, 3.8) is 0 Å². The smallest absolute Gasteiger partial charge is 0.335 e. The monoisotopic (exact) mass is 495 g/mol. The molecule has 4 nitrogen and oxygen atoms in total. The third kappa shape index (κ3) is 5.91. The number of carbonyl (C=O) groups is 1. The van der Waals surface area contributed by atoms with Gasteiger partial charge >= 0.3 is 5.97 Å². The molecule has 0 heterocycles. The molecule has 0 spiro atoms. The standard InChI is InChI=1S/C31H30NO3P/c1-3-29(31(33)35-23-25-13-7-4-8-14-25)30(26-21-19-24(2)20-22-26)32-36(34,27-15-9-5-10-16-27)28-17-11-6-12-18-28/h3-22,30H,23H2,1-2H3,(H,32,34)/b29-3-/t30-/m1/s1. The molecule has 4 aromatic rings. The Bertz CT molecular complexity index is 1310. The molecule has 0 bridgehead atoms. The van der Waals surface area contributed by atoms with Crippen LogP contribution in [0.25, 0.3) is 0 Å². The van der Waals surface area contributed by atoms with E-state index >= 15 is 0 Å². The van der Waals surface area contributed by atoms with Gasteiger partial charge in [0.1, 0.15) is 6.61 Å². The zero-order valence-corrected chi connectivity index (χ0v) is 21.4. The first-order chi connectivity index (χ1) is 17.5. The Morgan fingerprint density at radius 3 is 1.81 bits per heavy atom. The lowest BCUT2D eigenvalue weighted by molar-refractivity contribution is -0.140. The molecule has 4 aromatic carbocycles. The summed E-state index contributed by atoms with van der Waals surface area (Å²) in [6, 6.07) is 35.5. The molecule has 36 heavy (non-hydrogen) atoms. The van der Waals surface area contributed by atoms with Crippen LogP contribution >= 0.6 is 7.29 Å². The molecule has 0 amide bonds. The lowest BCUT2D eigenvalue weighted by atomic mass is 9.98. The van der Waals surface area contributed by atoms with Crippen molar-refractivity contribution in [3.8, 4) is 0 Å². The molecule has 0 aliphatic heterocycles. The van der Waals surface area contributed by atoms with E-state index < -0.39 is 19.3 Å². The van der Waals surface area contributed by atoms with E-state index in [1.807, 2.05) is 122 Å². The van der Waals surface area contributed by atoms with Crippen molar-refractivity contribution in [2.75, 3.05) is 0 Å². The molecule has 0 aromatic heterocycles. The summed E-state index contributed by atoms with van der Waals surface area (Å²) < 4.78 is 20.5. The van der Waals surface area contributed by atoms with Gasteiger partial charge in [0.15, 0.2) is 0 Å². The van der Waals surface area contributed by atoms with Crippen molar-refractivity contribution in [1.29, 1.82) is 0 Å². The zero-order valence-electron chi connectivity index (χ0n) is 20.5. The van der Waals surface area contributed by atoms with Gasteiger partial charge in [-0.15, -0.1) is 0 Å². The number of allylic oxidation sites excluding steroid dienone is 1. The minimum absolute atomic E-state index is 0.159. The largest absolute Gasteiger partial charge is 0.457 e. The Kier molecular flexibility index (Phi) is 8.32. The highest BCUT2D eigenvalue weighted by atomic mass is 31.2. The SMILES string of the molecule is C/C=C(\C(=O)OCc1ccccc1)[C@H](NP(=O)(c1ccccc1)c1ccccc1)c1ccc(C)cc1. The normalized spacial score (nSPS) is 12.7. The van der Waals surface area contributed by atoms with Crippen molar-refractivity contribution in [1.82, 2.24) is 5.09 Å². The number of hydrogen-bond donors (Lipinski definition) is 1. The van der Waals surface area contributed by atoms with Crippen LogP contribution in [-0.2, 0) is 20.7 Å². The van der Waals surface area contributed by atoms with Gasteiger partial charge in [-0.05, 0) is 49.2 Å². The topological polar surface area (TPSA) is 55.4 Å². The Morgan fingerprint density at radius 2 is 1.31 bits per heavy atom. The second-order valence-corrected chi connectivity index (χ2v) is 11.1. The maximum atomic E-state index is 14.8. The van der Waals surface area contributed by atoms with Gasteiger partial charge in [-0.25, -0.2) is 9.88 Å². The van der Waals surface area contributed by atoms with Crippen LogP contribution in [0.5, 0.6) is 0 Å². The van der Waals surface area contributed by atoms with Crippen molar-refractivity contribution >= 4 is 23.9 Å². The average molecular weight is 496 g/mol. The third-order valence-electron chi connectivity index (χ3n) is 6.03. The van der Waals surface area contributed by atoms with Crippen LogP contribution < -0.4 is 15.7 Å². The van der Waals surface area contributed by atoms with Crippen molar-refractivity contribution in [2.24, 2.45) is 0 Å². The first-order valence-corrected chi connectivity index (χ1v) is 13.6. The summed E-state index contributed by atoms with van der Waals surface area (Å²) in [6.45, 7) is 3.97. The molecular formula is C31H30NO3P. The Hall–Kier alpha value is -3.72. The van der Waals surface area contributed by atoms with Crippen molar-refractivity contribution in [2.45, 2.75) is 26.5 Å². The molecule has 0 unspecified atom stereocenters. The van der Waals surface area contributed by atoms with Crippen LogP contribution in [0.15, 0.2) is 127 Å². The summed E-state index contributed by atoms with van der Waals surface area (Å²) in [7, 11) is -3.34. The van der Waals surface area contributed by atoms with Crippen LogP contribution in [-0.4, -0.2) is 5.97 Å². The van der Waals surface area contributed by atoms with E-state index in [2.05, 4.69) is 5.09 Å². The maximum absolute atomic E-state index is 14.8. The molecule has 0 fully saturated rings. The van der Waals surface area contributed by atoms with Gasteiger partial charge < -0.3 is 4.74 Å². The van der Waals surface area contributed by atoms with Gasteiger partial charge in [0.25, 0.3) is 0 Å². The molecule has 1 N–H and O–H groups in total. The zero-order chi connectivity index (χ0) is 25.4. The van der Waals surface area contributed by atoms with Gasteiger partial charge in [-0.1, -0.05) is 103 Å². The summed E-state index contributed by atoms with van der Waals surface area (Å²) in [5, 5.41) is 4.75. The quantitative estimate of drug-likeness (QED) is 0.170. The molecular weight excluding hydrogens is 465 g/mol. The van der Waals surface area contributed by atoms with Gasteiger partial charge in [-0.2, -0.15) is 0 Å². The van der Waals surface area contributed by atoms with E-state index in [1.165, 1.54) is 0 Å². The molecule has 0 aliphatic rings. The number of esters is 1. The maximum Gasteiger partial charge on any atom is 0.335 e. The summed E-state index contributed by atoms with van der Waals surface area (Å²) in [6.07, 6.45) is 1.74. The fourth-order valence-corrected chi connectivity index (χ4v) is 6.48. The number of aryl methyl sites for hydroxylation is 1. The Balaban J connectivity index is 1.74. The van der Waals surface area contributed by atoms with E-state index in [0.29, 0.717) is 16.2 Å². The summed E-state index contributed by atoms with van der Waals surface area (Å²) >= 11 is 0. The number of rotatable bonds is 9. The molecule has 182 valence electrons. The molecule has 1 atom stereocenters. The third-order valence-corrected chi connectivity index (χ3v) is 8.70. The van der Waals surface area contributed by atoms with E-state index in [9.17, 15) is 9.36 Å². The number of carbonyl (C=O) groups excluding carboxylic acids is 1. The second-order valence-electron chi connectivity index (χ2n) is 8.56. The molecule has 4 rings (SSSR count). The lowest BCUT2D eigenvalue weighted by Crippen LogP contribution is -2.33. The number of benzene rings is 4. The van der Waals surface area contributed by atoms with Crippen LogP contribution in [0, 0.1) is 6.92 Å². The molecule has 0 aliphatic carbocycles. The molecule has 0 radical (unpaired) electrons. The van der Waals surface area contributed by atoms with E-state index in [1.54, 1.807) is 13.0 Å². The van der Waals surface area contributed by atoms with Gasteiger partial charge in [0.05, 0.1) is 11.6 Å². The van der Waals surface area contributed by atoms with Gasteiger partial charge in [0, 0.05) is 10.6 Å². The molecule has 0 saturated heterocycles. The van der Waals surface area contributed by atoms with Gasteiger partial charge in [-0.3, -0.25) is 4.57 Å². The van der Waals surface area contributed by atoms with E-state index in [4.69, 9.17) is 4.74 Å². The number of hydrogen-bond acceptors (Lipinski definition) is 3. The van der Waals surface area contributed by atoms with E-state index in [-0.39, 0.29) is 6.61 Å². The van der Waals surface area contributed by atoms with E-state index in [0.717, 1.165) is 16.7 Å². The summed E-state index contributed by atoms with van der Waals surface area (Å²) in [5.41, 5.74) is 3.24. The fraction of sp³-hybridized carbons (Fsp3) is 0.129. The van der Waals surface area contributed by atoms with Crippen LogP contribution in [0.1, 0.15) is 29.7 Å². The van der Waals surface area contributed by atoms with Crippen LogP contribution in [0.3, 0.4) is 0 Å². The summed E-state index contributed by atoms with van der Waals surface area (Å²) in [5.74, 6) is -0.452. The molecule has 0 saturated carbocycles. The number of ether oxygens (including phenoxy) is 1. The fourth-order valence-electron chi connectivity index (χ4n) is 4.05. The highest BCUT2D eigenvalue weighted by Gasteiger charge is 2.34.